The Bertz CT molecular complexity index is 1240. The minimum atomic E-state index is -0.509. The summed E-state index contributed by atoms with van der Waals surface area (Å²) in [6.45, 7) is 3.41. The summed E-state index contributed by atoms with van der Waals surface area (Å²) in [5.74, 6) is 1.80. The Kier molecular flexibility index (Phi) is 9.47. The van der Waals surface area contributed by atoms with Crippen molar-refractivity contribution in [2.75, 3.05) is 30.3 Å². The summed E-state index contributed by atoms with van der Waals surface area (Å²) in [6.07, 6.45) is 1.39. The van der Waals surface area contributed by atoms with Crippen LogP contribution in [-0.4, -0.2) is 41.6 Å². The monoisotopic (exact) mass is 495 g/mol. The summed E-state index contributed by atoms with van der Waals surface area (Å²) in [5, 5.41) is 9.63. The molecule has 0 bridgehead atoms. The van der Waals surface area contributed by atoms with Gasteiger partial charge in [-0.05, 0) is 36.6 Å². The van der Waals surface area contributed by atoms with Crippen LogP contribution in [-0.2, 0) is 17.6 Å². The molecule has 0 fully saturated rings. The summed E-state index contributed by atoms with van der Waals surface area (Å²) in [7, 11) is 0. The Labute approximate surface area is 218 Å². The third-order valence-corrected chi connectivity index (χ3v) is 5.73. The van der Waals surface area contributed by atoms with Gasteiger partial charge in [-0.2, -0.15) is 4.98 Å². The Morgan fingerprint density at radius 2 is 1.49 bits per heavy atom. The molecule has 4 rings (SSSR count). The van der Waals surface area contributed by atoms with E-state index in [0.29, 0.717) is 37.9 Å². The van der Waals surface area contributed by atoms with Gasteiger partial charge in [0.1, 0.15) is 24.2 Å². The third kappa shape index (κ3) is 8.65. The summed E-state index contributed by atoms with van der Waals surface area (Å²) >= 11 is 0. The number of para-hydroxylation sites is 1. The van der Waals surface area contributed by atoms with Crippen LogP contribution in [0.3, 0.4) is 0 Å². The van der Waals surface area contributed by atoms with Crippen molar-refractivity contribution < 1.29 is 9.53 Å². The maximum absolute atomic E-state index is 13.2. The molecule has 0 aliphatic carbocycles. The number of amides is 1. The van der Waals surface area contributed by atoms with Crippen molar-refractivity contribution in [2.45, 2.75) is 25.8 Å². The quantitative estimate of drug-likeness (QED) is 0.234. The van der Waals surface area contributed by atoms with Gasteiger partial charge < -0.3 is 20.7 Å². The van der Waals surface area contributed by atoms with Gasteiger partial charge in [0.15, 0.2) is 0 Å². The van der Waals surface area contributed by atoms with E-state index in [0.717, 1.165) is 23.4 Å². The predicted molar refractivity (Wildman–Crippen MR) is 148 cm³/mol. The Morgan fingerprint density at radius 1 is 0.838 bits per heavy atom. The lowest BCUT2D eigenvalue weighted by Gasteiger charge is -2.20. The number of ether oxygens (including phenoxy) is 1. The number of aryl methyl sites for hydroxylation is 1. The van der Waals surface area contributed by atoms with Gasteiger partial charge in [-0.3, -0.25) is 4.79 Å². The molecule has 4 aromatic rings. The van der Waals surface area contributed by atoms with Gasteiger partial charge in [-0.25, -0.2) is 4.98 Å². The lowest BCUT2D eigenvalue weighted by molar-refractivity contribution is -0.121. The number of carbonyl (C=O) groups excluding carboxylic acids is 1. The number of benzene rings is 3. The molecule has 0 saturated heterocycles. The van der Waals surface area contributed by atoms with Gasteiger partial charge in [0.25, 0.3) is 0 Å². The second kappa shape index (κ2) is 13.6. The van der Waals surface area contributed by atoms with Crippen LogP contribution in [0, 0.1) is 6.92 Å². The molecular formula is C30H33N5O2. The van der Waals surface area contributed by atoms with Crippen molar-refractivity contribution in [2.24, 2.45) is 0 Å². The minimum Gasteiger partial charge on any atom is -0.492 e. The lowest BCUT2D eigenvalue weighted by Crippen LogP contribution is -2.42. The number of hydrogen-bond acceptors (Lipinski definition) is 6. The molecule has 0 radical (unpaired) electrons. The van der Waals surface area contributed by atoms with Crippen LogP contribution in [0.25, 0.3) is 0 Å². The number of rotatable bonds is 13. The molecule has 3 aromatic carbocycles. The zero-order chi connectivity index (χ0) is 25.7. The number of nitrogens with zero attached hydrogens (tertiary/aromatic N) is 2. The highest BCUT2D eigenvalue weighted by molar-refractivity contribution is 5.84. The van der Waals surface area contributed by atoms with Gasteiger partial charge >= 0.3 is 0 Å². The number of hydrogen-bond donors (Lipinski definition) is 3. The molecular weight excluding hydrogens is 462 g/mol. The molecule has 37 heavy (non-hydrogen) atoms. The normalized spacial score (nSPS) is 11.4. The minimum absolute atomic E-state index is 0.115. The highest BCUT2D eigenvalue weighted by Crippen LogP contribution is 2.14. The first-order valence-electron chi connectivity index (χ1n) is 12.6. The lowest BCUT2D eigenvalue weighted by atomic mass is 10.1. The van der Waals surface area contributed by atoms with Crippen LogP contribution in [0.4, 0.5) is 11.8 Å². The van der Waals surface area contributed by atoms with E-state index in [1.807, 2.05) is 91.9 Å². The highest BCUT2D eigenvalue weighted by atomic mass is 16.5. The van der Waals surface area contributed by atoms with Crippen LogP contribution >= 0.6 is 0 Å². The number of anilines is 2. The molecule has 0 aliphatic rings. The SMILES string of the molecule is Cc1cc(N[C@@H](Cc2ccccc2)C(=O)NCCOc2ccccc2)nc(NCCc2ccccc2)n1. The molecule has 190 valence electrons. The zero-order valence-corrected chi connectivity index (χ0v) is 21.1. The van der Waals surface area contributed by atoms with Crippen LogP contribution in [0.15, 0.2) is 97.1 Å². The molecule has 3 N–H and O–H groups in total. The highest BCUT2D eigenvalue weighted by Gasteiger charge is 2.20. The zero-order valence-electron chi connectivity index (χ0n) is 21.1. The summed E-state index contributed by atoms with van der Waals surface area (Å²) in [6, 6.07) is 31.1. The van der Waals surface area contributed by atoms with Crippen LogP contribution < -0.4 is 20.7 Å². The van der Waals surface area contributed by atoms with E-state index < -0.39 is 6.04 Å². The van der Waals surface area contributed by atoms with Crippen molar-refractivity contribution in [3.8, 4) is 5.75 Å². The fourth-order valence-corrected chi connectivity index (χ4v) is 3.91. The first-order chi connectivity index (χ1) is 18.2. The molecule has 7 heteroatoms. The fraction of sp³-hybridized carbons (Fsp3) is 0.233. The number of aromatic nitrogens is 2. The molecule has 0 aliphatic heterocycles. The Hall–Kier alpha value is -4.39. The molecule has 0 spiro atoms. The summed E-state index contributed by atoms with van der Waals surface area (Å²) in [4.78, 5) is 22.3. The van der Waals surface area contributed by atoms with Gasteiger partial charge in [-0.1, -0.05) is 78.9 Å². The molecule has 1 amide bonds. The molecule has 0 unspecified atom stereocenters. The summed E-state index contributed by atoms with van der Waals surface area (Å²) < 4.78 is 5.71. The van der Waals surface area contributed by atoms with E-state index in [9.17, 15) is 4.79 Å². The molecule has 1 heterocycles. The van der Waals surface area contributed by atoms with Crippen molar-refractivity contribution >= 4 is 17.7 Å². The van der Waals surface area contributed by atoms with Crippen LogP contribution in [0.1, 0.15) is 16.8 Å². The standard InChI is InChI=1S/C30H33N5O2/c1-23-21-28(35-30(33-23)32-18-17-24-11-5-2-6-12-24)34-27(22-25-13-7-3-8-14-25)29(36)31-19-20-37-26-15-9-4-10-16-26/h2-16,21,27H,17-20,22H2,1H3,(H,31,36)(H2,32,33,34,35)/t27-/m0/s1. The average Bonchev–Trinajstić information content (AvgIpc) is 2.92. The van der Waals surface area contributed by atoms with Gasteiger partial charge in [0.05, 0.1) is 6.54 Å². The average molecular weight is 496 g/mol. The third-order valence-electron chi connectivity index (χ3n) is 5.73. The van der Waals surface area contributed by atoms with E-state index in [1.54, 1.807) is 0 Å². The van der Waals surface area contributed by atoms with Crippen molar-refractivity contribution in [3.05, 3.63) is 114 Å². The van der Waals surface area contributed by atoms with E-state index in [2.05, 4.69) is 38.1 Å². The maximum Gasteiger partial charge on any atom is 0.243 e. The molecule has 1 aromatic heterocycles. The maximum atomic E-state index is 13.2. The Morgan fingerprint density at radius 3 is 2.19 bits per heavy atom. The number of carbonyl (C=O) groups is 1. The van der Waals surface area contributed by atoms with E-state index in [-0.39, 0.29) is 5.91 Å². The Balaban J connectivity index is 1.38. The summed E-state index contributed by atoms with van der Waals surface area (Å²) in [5.41, 5.74) is 3.12. The second-order valence-corrected chi connectivity index (χ2v) is 8.72. The topological polar surface area (TPSA) is 88.2 Å². The van der Waals surface area contributed by atoms with Gasteiger partial charge in [-0.15, -0.1) is 0 Å². The van der Waals surface area contributed by atoms with Crippen LogP contribution in [0.5, 0.6) is 5.75 Å². The molecule has 7 nitrogen and oxygen atoms in total. The van der Waals surface area contributed by atoms with Gasteiger partial charge in [0.2, 0.25) is 11.9 Å². The van der Waals surface area contributed by atoms with Gasteiger partial charge in [0, 0.05) is 24.7 Å². The van der Waals surface area contributed by atoms with Crippen molar-refractivity contribution in [1.82, 2.24) is 15.3 Å². The van der Waals surface area contributed by atoms with Crippen LogP contribution in [0.2, 0.25) is 0 Å². The van der Waals surface area contributed by atoms with Crippen molar-refractivity contribution in [3.63, 3.8) is 0 Å². The van der Waals surface area contributed by atoms with E-state index in [4.69, 9.17) is 4.74 Å². The smallest absolute Gasteiger partial charge is 0.243 e. The second-order valence-electron chi connectivity index (χ2n) is 8.72. The first-order valence-corrected chi connectivity index (χ1v) is 12.6. The number of nitrogens with one attached hydrogen (secondary N) is 3. The molecule has 0 saturated carbocycles. The predicted octanol–water partition coefficient (Wildman–Crippen LogP) is 4.66. The van der Waals surface area contributed by atoms with Crippen molar-refractivity contribution in [1.29, 1.82) is 0 Å². The van der Waals surface area contributed by atoms with E-state index >= 15 is 0 Å². The van der Waals surface area contributed by atoms with E-state index in [1.165, 1.54) is 5.56 Å². The largest absolute Gasteiger partial charge is 0.492 e. The fourth-order valence-electron chi connectivity index (χ4n) is 3.91. The molecule has 1 atom stereocenters. The first kappa shape index (κ1) is 25.7.